The Morgan fingerprint density at radius 3 is 2.10 bits per heavy atom. The van der Waals surface area contributed by atoms with Gasteiger partial charge in [-0.05, 0) is 24.8 Å². The third-order valence-electron chi connectivity index (χ3n) is 2.26. The van der Waals surface area contributed by atoms with Crippen molar-refractivity contribution in [1.29, 1.82) is 0 Å². The third-order valence-corrected chi connectivity index (χ3v) is 2.26. The summed E-state index contributed by atoms with van der Waals surface area (Å²) in [7, 11) is 0. The molecule has 1 nitrogen and oxygen atoms in total. The molecule has 0 aromatic carbocycles. The van der Waals surface area contributed by atoms with E-state index in [-0.39, 0.29) is 0 Å². The second-order valence-electron chi connectivity index (χ2n) is 3.09. The molecule has 0 aliphatic heterocycles. The fourth-order valence-electron chi connectivity index (χ4n) is 1.63. The highest BCUT2D eigenvalue weighted by molar-refractivity contribution is 4.83. The van der Waals surface area contributed by atoms with Crippen molar-refractivity contribution in [2.24, 2.45) is 5.92 Å². The fraction of sp³-hybridized carbons (Fsp3) is 0.778. The van der Waals surface area contributed by atoms with Gasteiger partial charge in [0.1, 0.15) is 0 Å². The van der Waals surface area contributed by atoms with E-state index in [9.17, 15) is 0 Å². The van der Waals surface area contributed by atoms with Gasteiger partial charge in [-0.25, -0.2) is 0 Å². The van der Waals surface area contributed by atoms with Crippen molar-refractivity contribution in [3.63, 3.8) is 0 Å². The number of allylic oxidation sites excluding steroid dienone is 1. The summed E-state index contributed by atoms with van der Waals surface area (Å²) >= 11 is 0. The Bertz CT molecular complexity index is 99.3. The van der Waals surface area contributed by atoms with Crippen LogP contribution in [0.4, 0.5) is 0 Å². The first-order valence-electron chi connectivity index (χ1n) is 4.24. The molecule has 0 bridgehead atoms. The van der Waals surface area contributed by atoms with Gasteiger partial charge in [-0.15, -0.1) is 0 Å². The van der Waals surface area contributed by atoms with Gasteiger partial charge in [0, 0.05) is 0 Å². The zero-order chi connectivity index (χ0) is 7.23. The Morgan fingerprint density at radius 2 is 1.60 bits per heavy atom. The standard InChI is InChI=1S/C9H16O/c10-8-7-9-5-3-1-2-4-6-9/h7-10H,1-6H2. The van der Waals surface area contributed by atoms with Crippen LogP contribution in [0.25, 0.3) is 0 Å². The van der Waals surface area contributed by atoms with Crippen molar-refractivity contribution < 1.29 is 5.11 Å². The topological polar surface area (TPSA) is 20.2 Å². The molecule has 0 atom stereocenters. The van der Waals surface area contributed by atoms with E-state index < -0.39 is 0 Å². The van der Waals surface area contributed by atoms with Gasteiger partial charge >= 0.3 is 0 Å². The van der Waals surface area contributed by atoms with Crippen LogP contribution >= 0.6 is 0 Å². The summed E-state index contributed by atoms with van der Waals surface area (Å²) in [5.74, 6) is 0.660. The molecule has 58 valence electrons. The maximum Gasteiger partial charge on any atom is 0.0754 e. The summed E-state index contributed by atoms with van der Waals surface area (Å²) in [5, 5.41) is 8.53. The smallest absolute Gasteiger partial charge is 0.0754 e. The molecule has 0 unspecified atom stereocenters. The number of hydrogen-bond acceptors (Lipinski definition) is 1. The summed E-state index contributed by atoms with van der Waals surface area (Å²) in [5.41, 5.74) is 0. The lowest BCUT2D eigenvalue weighted by atomic mass is 10.0. The normalized spacial score (nSPS) is 23.2. The molecule has 1 heteroatoms. The molecule has 1 aliphatic rings. The molecular weight excluding hydrogens is 124 g/mol. The zero-order valence-corrected chi connectivity index (χ0v) is 6.42. The van der Waals surface area contributed by atoms with E-state index in [4.69, 9.17) is 5.11 Å². The SMILES string of the molecule is OC=CC1CCCCCC1. The van der Waals surface area contributed by atoms with Gasteiger partial charge in [-0.2, -0.15) is 0 Å². The second-order valence-corrected chi connectivity index (χ2v) is 3.09. The molecule has 1 N–H and O–H groups in total. The van der Waals surface area contributed by atoms with E-state index in [1.54, 1.807) is 0 Å². The number of aliphatic hydroxyl groups excluding tert-OH is 1. The van der Waals surface area contributed by atoms with Crippen LogP contribution in [0.3, 0.4) is 0 Å². The van der Waals surface area contributed by atoms with Crippen LogP contribution in [-0.4, -0.2) is 5.11 Å². The summed E-state index contributed by atoms with van der Waals surface area (Å²) in [6.45, 7) is 0. The van der Waals surface area contributed by atoms with Crippen LogP contribution in [0, 0.1) is 5.92 Å². The van der Waals surface area contributed by atoms with Gasteiger partial charge in [-0.1, -0.05) is 25.7 Å². The average molecular weight is 140 g/mol. The minimum atomic E-state index is 0.660. The molecule has 1 saturated carbocycles. The molecule has 0 radical (unpaired) electrons. The van der Waals surface area contributed by atoms with E-state index in [1.165, 1.54) is 44.8 Å². The van der Waals surface area contributed by atoms with Gasteiger partial charge in [0.05, 0.1) is 6.26 Å². The molecule has 1 rings (SSSR count). The number of rotatable bonds is 1. The Kier molecular flexibility index (Phi) is 3.34. The zero-order valence-electron chi connectivity index (χ0n) is 6.42. The Morgan fingerprint density at radius 1 is 1.00 bits per heavy atom. The molecule has 0 spiro atoms. The lowest BCUT2D eigenvalue weighted by molar-refractivity contribution is 0.455. The lowest BCUT2D eigenvalue weighted by Gasteiger charge is -2.05. The van der Waals surface area contributed by atoms with E-state index in [2.05, 4.69) is 0 Å². The molecule has 0 aromatic rings. The summed E-state index contributed by atoms with van der Waals surface area (Å²) < 4.78 is 0. The molecule has 0 amide bonds. The van der Waals surface area contributed by atoms with E-state index >= 15 is 0 Å². The third kappa shape index (κ3) is 2.42. The van der Waals surface area contributed by atoms with Gasteiger partial charge < -0.3 is 5.11 Å². The molecule has 1 aliphatic carbocycles. The summed E-state index contributed by atoms with van der Waals surface area (Å²) in [4.78, 5) is 0. The maximum atomic E-state index is 8.53. The predicted molar refractivity (Wildman–Crippen MR) is 43.0 cm³/mol. The minimum Gasteiger partial charge on any atom is -0.516 e. The van der Waals surface area contributed by atoms with Gasteiger partial charge in [0.25, 0.3) is 0 Å². The Labute approximate surface area is 62.8 Å². The molecular formula is C9H16O. The monoisotopic (exact) mass is 140 g/mol. The first-order valence-corrected chi connectivity index (χ1v) is 4.24. The van der Waals surface area contributed by atoms with E-state index in [0.717, 1.165) is 0 Å². The van der Waals surface area contributed by atoms with Crippen molar-refractivity contribution in [3.05, 3.63) is 12.3 Å². The fourth-order valence-corrected chi connectivity index (χ4v) is 1.63. The Balaban J connectivity index is 2.28. The van der Waals surface area contributed by atoms with Crippen LogP contribution < -0.4 is 0 Å². The first kappa shape index (κ1) is 7.64. The molecule has 0 saturated heterocycles. The van der Waals surface area contributed by atoms with Crippen molar-refractivity contribution in [2.75, 3.05) is 0 Å². The maximum absolute atomic E-state index is 8.53. The predicted octanol–water partition coefficient (Wildman–Crippen LogP) is 3.03. The molecule has 10 heavy (non-hydrogen) atoms. The van der Waals surface area contributed by atoms with Crippen molar-refractivity contribution in [3.8, 4) is 0 Å². The van der Waals surface area contributed by atoms with Crippen LogP contribution in [0.2, 0.25) is 0 Å². The molecule has 0 heterocycles. The van der Waals surface area contributed by atoms with Crippen molar-refractivity contribution in [2.45, 2.75) is 38.5 Å². The van der Waals surface area contributed by atoms with Gasteiger partial charge in [0.2, 0.25) is 0 Å². The van der Waals surface area contributed by atoms with Crippen molar-refractivity contribution in [1.82, 2.24) is 0 Å². The highest BCUT2D eigenvalue weighted by atomic mass is 16.2. The largest absolute Gasteiger partial charge is 0.516 e. The van der Waals surface area contributed by atoms with Crippen LogP contribution in [0.15, 0.2) is 12.3 Å². The first-order chi connectivity index (χ1) is 4.93. The lowest BCUT2D eigenvalue weighted by Crippen LogP contribution is -1.92. The Hall–Kier alpha value is -0.460. The molecule has 1 fully saturated rings. The number of aliphatic hydroxyl groups is 1. The van der Waals surface area contributed by atoms with Gasteiger partial charge in [-0.3, -0.25) is 0 Å². The van der Waals surface area contributed by atoms with Crippen LogP contribution in [0.5, 0.6) is 0 Å². The summed E-state index contributed by atoms with van der Waals surface area (Å²) in [6.07, 6.45) is 11.1. The quantitative estimate of drug-likeness (QED) is 0.438. The van der Waals surface area contributed by atoms with Crippen molar-refractivity contribution >= 4 is 0 Å². The van der Waals surface area contributed by atoms with E-state index in [1.807, 2.05) is 6.08 Å². The molecule has 0 aromatic heterocycles. The number of hydrogen-bond donors (Lipinski definition) is 1. The highest BCUT2D eigenvalue weighted by Crippen LogP contribution is 2.23. The summed E-state index contributed by atoms with van der Waals surface area (Å²) in [6, 6.07) is 0. The van der Waals surface area contributed by atoms with E-state index in [0.29, 0.717) is 5.92 Å². The average Bonchev–Trinajstić information content (AvgIpc) is 2.17. The van der Waals surface area contributed by atoms with Crippen LogP contribution in [0.1, 0.15) is 38.5 Å². The highest BCUT2D eigenvalue weighted by Gasteiger charge is 2.07. The van der Waals surface area contributed by atoms with Crippen LogP contribution in [-0.2, 0) is 0 Å². The second kappa shape index (κ2) is 4.37. The van der Waals surface area contributed by atoms with Gasteiger partial charge in [0.15, 0.2) is 0 Å². The minimum absolute atomic E-state index is 0.660.